The highest BCUT2D eigenvalue weighted by Gasteiger charge is 2.42. The minimum atomic E-state index is -0.729. The number of aliphatic hydroxyl groups excluding tert-OH is 1. The Bertz CT molecular complexity index is 579. The zero-order chi connectivity index (χ0) is 14.7. The highest BCUT2D eigenvalue weighted by atomic mass is 19.1. The summed E-state index contributed by atoms with van der Waals surface area (Å²) in [7, 11) is 0. The molecule has 1 atom stereocenters. The van der Waals surface area contributed by atoms with Crippen LogP contribution in [0.2, 0.25) is 0 Å². The second-order valence-corrected chi connectivity index (χ2v) is 5.43. The third-order valence-electron chi connectivity index (χ3n) is 4.30. The normalized spacial score (nSPS) is 19.1. The van der Waals surface area contributed by atoms with Gasteiger partial charge >= 0.3 is 0 Å². The van der Waals surface area contributed by atoms with E-state index >= 15 is 0 Å². The summed E-state index contributed by atoms with van der Waals surface area (Å²) in [5.41, 5.74) is 1.11. The van der Waals surface area contributed by atoms with Crippen molar-refractivity contribution in [3.8, 4) is 0 Å². The van der Waals surface area contributed by atoms with Crippen LogP contribution >= 0.6 is 0 Å². The Labute approximate surface area is 123 Å². The maximum atomic E-state index is 13.2. The summed E-state index contributed by atoms with van der Waals surface area (Å²) in [6, 6.07) is 11.9. The fourth-order valence-corrected chi connectivity index (χ4v) is 3.06. The average molecular weight is 287 g/mol. The number of nitrogens with zero attached hydrogens (tertiary/aromatic N) is 1. The van der Waals surface area contributed by atoms with E-state index in [-0.39, 0.29) is 5.82 Å². The lowest BCUT2D eigenvalue weighted by Crippen LogP contribution is -2.40. The highest BCUT2D eigenvalue weighted by molar-refractivity contribution is 5.31. The van der Waals surface area contributed by atoms with Crippen molar-refractivity contribution in [3.05, 3.63) is 65.7 Å². The molecule has 0 amide bonds. The number of pyridine rings is 1. The van der Waals surface area contributed by atoms with E-state index in [1.807, 2.05) is 18.2 Å². The van der Waals surface area contributed by atoms with Crippen molar-refractivity contribution in [2.45, 2.75) is 24.4 Å². The highest BCUT2D eigenvalue weighted by Crippen LogP contribution is 2.44. The van der Waals surface area contributed by atoms with E-state index < -0.39 is 11.5 Å². The molecule has 1 aliphatic rings. The van der Waals surface area contributed by atoms with E-state index in [9.17, 15) is 9.50 Å². The molecule has 1 saturated heterocycles. The summed E-state index contributed by atoms with van der Waals surface area (Å²) in [5.74, 6) is -0.270. The number of hydrogen-bond donors (Lipinski definition) is 1. The molecule has 2 aromatic rings. The van der Waals surface area contributed by atoms with Gasteiger partial charge in [0, 0.05) is 24.8 Å². The number of aromatic nitrogens is 1. The molecule has 0 spiro atoms. The molecule has 3 rings (SSSR count). The van der Waals surface area contributed by atoms with Crippen LogP contribution in [0.4, 0.5) is 4.39 Å². The number of rotatable bonds is 3. The molecule has 3 nitrogen and oxygen atoms in total. The van der Waals surface area contributed by atoms with Gasteiger partial charge in [0.25, 0.3) is 0 Å². The van der Waals surface area contributed by atoms with Gasteiger partial charge in [-0.3, -0.25) is 4.98 Å². The van der Waals surface area contributed by atoms with Crippen molar-refractivity contribution in [1.29, 1.82) is 0 Å². The lowest BCUT2D eigenvalue weighted by atomic mass is 9.69. The summed E-state index contributed by atoms with van der Waals surface area (Å²) in [5, 5.41) is 10.9. The maximum absolute atomic E-state index is 13.2. The van der Waals surface area contributed by atoms with Gasteiger partial charge in [0.1, 0.15) is 11.9 Å². The van der Waals surface area contributed by atoms with Crippen LogP contribution in [0.15, 0.2) is 48.7 Å². The number of aliphatic hydroxyl groups is 1. The van der Waals surface area contributed by atoms with Gasteiger partial charge in [-0.05, 0) is 42.7 Å². The van der Waals surface area contributed by atoms with Gasteiger partial charge in [-0.25, -0.2) is 4.39 Å². The van der Waals surface area contributed by atoms with E-state index in [2.05, 4.69) is 4.98 Å². The number of hydrogen-bond acceptors (Lipinski definition) is 3. The van der Waals surface area contributed by atoms with E-state index in [1.54, 1.807) is 18.3 Å². The third kappa shape index (κ3) is 2.69. The molecular weight excluding hydrogens is 269 g/mol. The van der Waals surface area contributed by atoms with Crippen LogP contribution < -0.4 is 0 Å². The van der Waals surface area contributed by atoms with Crippen LogP contribution in [0.25, 0.3) is 0 Å². The maximum Gasteiger partial charge on any atom is 0.123 e. The Morgan fingerprint density at radius 3 is 2.43 bits per heavy atom. The molecule has 0 aliphatic carbocycles. The predicted molar refractivity (Wildman–Crippen MR) is 77.3 cm³/mol. The Morgan fingerprint density at radius 1 is 1.10 bits per heavy atom. The zero-order valence-corrected chi connectivity index (χ0v) is 11.7. The van der Waals surface area contributed by atoms with Crippen LogP contribution in [0.5, 0.6) is 0 Å². The first-order chi connectivity index (χ1) is 10.2. The topological polar surface area (TPSA) is 42.4 Å². The van der Waals surface area contributed by atoms with Crippen molar-refractivity contribution in [3.63, 3.8) is 0 Å². The first-order valence-electron chi connectivity index (χ1n) is 7.15. The van der Waals surface area contributed by atoms with Crippen LogP contribution in [-0.4, -0.2) is 23.3 Å². The number of halogens is 1. The lowest BCUT2D eigenvalue weighted by Gasteiger charge is -2.41. The Hall–Kier alpha value is -1.78. The first kappa shape index (κ1) is 14.2. The molecule has 0 radical (unpaired) electrons. The molecule has 0 bridgehead atoms. The van der Waals surface area contributed by atoms with E-state index in [0.717, 1.165) is 5.56 Å². The zero-order valence-electron chi connectivity index (χ0n) is 11.7. The fourth-order valence-electron chi connectivity index (χ4n) is 3.06. The Morgan fingerprint density at radius 2 is 1.81 bits per heavy atom. The van der Waals surface area contributed by atoms with Gasteiger partial charge in [0.2, 0.25) is 0 Å². The van der Waals surface area contributed by atoms with Crippen LogP contribution in [0.3, 0.4) is 0 Å². The molecule has 1 unspecified atom stereocenters. The van der Waals surface area contributed by atoms with Gasteiger partial charge in [-0.15, -0.1) is 0 Å². The third-order valence-corrected chi connectivity index (χ3v) is 4.30. The van der Waals surface area contributed by atoms with Gasteiger partial charge in [-0.1, -0.05) is 18.2 Å². The Balaban J connectivity index is 2.02. The Kier molecular flexibility index (Phi) is 3.99. The molecule has 4 heteroatoms. The molecule has 2 heterocycles. The second-order valence-electron chi connectivity index (χ2n) is 5.43. The van der Waals surface area contributed by atoms with Gasteiger partial charge in [-0.2, -0.15) is 0 Å². The number of ether oxygens (including phenoxy) is 1. The second kappa shape index (κ2) is 5.92. The molecule has 1 aromatic heterocycles. The monoisotopic (exact) mass is 287 g/mol. The van der Waals surface area contributed by atoms with Crippen LogP contribution in [-0.2, 0) is 10.2 Å². The standard InChI is InChI=1S/C17H18FNO2/c18-14-6-4-13(5-7-14)17(8-11-21-12-9-17)16(20)15-3-1-2-10-19-15/h1-7,10,16,20H,8-9,11-12H2. The summed E-state index contributed by atoms with van der Waals surface area (Å²) in [6.07, 6.45) is 2.33. The summed E-state index contributed by atoms with van der Waals surface area (Å²) in [4.78, 5) is 4.28. The van der Waals surface area contributed by atoms with Crippen molar-refractivity contribution in [1.82, 2.24) is 4.98 Å². The molecule has 21 heavy (non-hydrogen) atoms. The van der Waals surface area contributed by atoms with Crippen molar-refractivity contribution in [2.75, 3.05) is 13.2 Å². The van der Waals surface area contributed by atoms with Crippen molar-refractivity contribution in [2.24, 2.45) is 0 Å². The SMILES string of the molecule is OC(c1ccccn1)C1(c2ccc(F)cc2)CCOCC1. The summed E-state index contributed by atoms with van der Waals surface area (Å²) in [6.45, 7) is 1.17. The summed E-state index contributed by atoms with van der Waals surface area (Å²) < 4.78 is 18.7. The largest absolute Gasteiger partial charge is 0.386 e. The smallest absolute Gasteiger partial charge is 0.123 e. The number of benzene rings is 1. The van der Waals surface area contributed by atoms with E-state index in [0.29, 0.717) is 31.7 Å². The molecule has 110 valence electrons. The van der Waals surface area contributed by atoms with Crippen molar-refractivity contribution < 1.29 is 14.2 Å². The summed E-state index contributed by atoms with van der Waals surface area (Å²) >= 11 is 0. The molecule has 1 aromatic carbocycles. The van der Waals surface area contributed by atoms with E-state index in [1.165, 1.54) is 12.1 Å². The average Bonchev–Trinajstić information content (AvgIpc) is 2.56. The molecular formula is C17H18FNO2. The van der Waals surface area contributed by atoms with Crippen LogP contribution in [0.1, 0.15) is 30.2 Å². The molecule has 0 saturated carbocycles. The molecule has 1 fully saturated rings. The quantitative estimate of drug-likeness (QED) is 0.943. The molecule has 1 N–H and O–H groups in total. The minimum Gasteiger partial charge on any atom is -0.386 e. The lowest BCUT2D eigenvalue weighted by molar-refractivity contribution is -0.0187. The molecule has 1 aliphatic heterocycles. The predicted octanol–water partition coefficient (Wildman–Crippen LogP) is 3.00. The van der Waals surface area contributed by atoms with Gasteiger partial charge in [0.15, 0.2) is 0 Å². The van der Waals surface area contributed by atoms with Gasteiger partial charge < -0.3 is 9.84 Å². The van der Waals surface area contributed by atoms with Gasteiger partial charge in [0.05, 0.1) is 5.69 Å². The minimum absolute atomic E-state index is 0.270. The van der Waals surface area contributed by atoms with Crippen molar-refractivity contribution >= 4 is 0 Å². The van der Waals surface area contributed by atoms with E-state index in [4.69, 9.17) is 4.74 Å². The first-order valence-corrected chi connectivity index (χ1v) is 7.15. The van der Waals surface area contributed by atoms with Crippen LogP contribution in [0, 0.1) is 5.82 Å². The fraction of sp³-hybridized carbons (Fsp3) is 0.353.